The quantitative estimate of drug-likeness (QED) is 0.620. The Morgan fingerprint density at radius 1 is 1.26 bits per heavy atom. The van der Waals surface area contributed by atoms with Gasteiger partial charge in [-0.3, -0.25) is 4.18 Å². The Labute approximate surface area is 108 Å². The van der Waals surface area contributed by atoms with Crippen LogP contribution < -0.4 is 0 Å². The van der Waals surface area contributed by atoms with Gasteiger partial charge in [-0.05, 0) is 31.0 Å². The van der Waals surface area contributed by atoms with Crippen LogP contribution >= 0.6 is 0 Å². The summed E-state index contributed by atoms with van der Waals surface area (Å²) in [7, 11) is -4.49. The lowest BCUT2D eigenvalue weighted by Gasteiger charge is -2.15. The topological polar surface area (TPSA) is 43.4 Å². The lowest BCUT2D eigenvalue weighted by molar-refractivity contribution is -0.147. The van der Waals surface area contributed by atoms with Crippen LogP contribution in [0.25, 0.3) is 0 Å². The molecule has 0 N–H and O–H groups in total. The van der Waals surface area contributed by atoms with Crippen LogP contribution in [-0.2, 0) is 14.3 Å². The van der Waals surface area contributed by atoms with Crippen molar-refractivity contribution < 1.29 is 30.2 Å². The Morgan fingerprint density at radius 3 is 2.37 bits per heavy atom. The van der Waals surface area contributed by atoms with Crippen LogP contribution in [0, 0.1) is 13.8 Å². The summed E-state index contributed by atoms with van der Waals surface area (Å²) in [5.74, 6) is -4.51. The minimum atomic E-state index is -4.51. The standard InChI is InChI=1S/C11H12F4O3S/c1-7-3-4-8(2)9(5-7)19(16,17)18-6-11(14,15)10(12)13/h3-5,10H,6H2,1-2H3. The molecule has 3 nitrogen and oxygen atoms in total. The summed E-state index contributed by atoms with van der Waals surface area (Å²) >= 11 is 0. The molecule has 1 rings (SSSR count). The fraction of sp³-hybridized carbons (Fsp3) is 0.455. The van der Waals surface area contributed by atoms with Crippen LogP contribution in [0.4, 0.5) is 17.6 Å². The summed E-state index contributed by atoms with van der Waals surface area (Å²) < 4.78 is 76.5. The molecule has 0 saturated heterocycles. The second-order valence-electron chi connectivity index (χ2n) is 4.05. The van der Waals surface area contributed by atoms with Crippen molar-refractivity contribution in [2.24, 2.45) is 0 Å². The maximum atomic E-state index is 12.6. The van der Waals surface area contributed by atoms with Crippen molar-refractivity contribution >= 4 is 10.1 Å². The molecule has 0 aliphatic rings. The fourth-order valence-electron chi connectivity index (χ4n) is 1.26. The van der Waals surface area contributed by atoms with Crippen LogP contribution in [-0.4, -0.2) is 27.4 Å². The smallest absolute Gasteiger partial charge is 0.260 e. The summed E-state index contributed by atoms with van der Waals surface area (Å²) in [6.07, 6.45) is -3.98. The molecule has 1 aromatic carbocycles. The average Bonchev–Trinajstić information content (AvgIpc) is 2.30. The fourth-order valence-corrected chi connectivity index (χ4v) is 2.49. The van der Waals surface area contributed by atoms with E-state index < -0.39 is 29.1 Å². The number of benzene rings is 1. The van der Waals surface area contributed by atoms with Crippen molar-refractivity contribution in [1.82, 2.24) is 0 Å². The minimum absolute atomic E-state index is 0.283. The normalized spacial score (nSPS) is 13.0. The van der Waals surface area contributed by atoms with Crippen LogP contribution in [0.3, 0.4) is 0 Å². The van der Waals surface area contributed by atoms with Crippen LogP contribution in [0.5, 0.6) is 0 Å². The lowest BCUT2D eigenvalue weighted by Crippen LogP contribution is -2.33. The first-order chi connectivity index (χ1) is 8.56. The van der Waals surface area contributed by atoms with E-state index in [1.165, 1.54) is 19.1 Å². The van der Waals surface area contributed by atoms with Gasteiger partial charge in [0.2, 0.25) is 0 Å². The molecule has 0 aliphatic carbocycles. The molecule has 0 radical (unpaired) electrons. The zero-order valence-electron chi connectivity index (χ0n) is 10.2. The number of hydrogen-bond acceptors (Lipinski definition) is 3. The van der Waals surface area contributed by atoms with Crippen molar-refractivity contribution in [2.75, 3.05) is 6.61 Å². The van der Waals surface area contributed by atoms with E-state index in [1.807, 2.05) is 0 Å². The number of halogens is 4. The van der Waals surface area contributed by atoms with E-state index in [-0.39, 0.29) is 10.5 Å². The molecule has 0 aromatic heterocycles. The molecule has 0 fully saturated rings. The summed E-state index contributed by atoms with van der Waals surface area (Å²) in [6, 6.07) is 4.32. The molecule has 0 unspecified atom stereocenters. The highest BCUT2D eigenvalue weighted by Crippen LogP contribution is 2.26. The summed E-state index contributed by atoms with van der Waals surface area (Å²) in [5.41, 5.74) is 0.861. The van der Waals surface area contributed by atoms with E-state index in [1.54, 1.807) is 13.0 Å². The van der Waals surface area contributed by atoms with E-state index in [9.17, 15) is 26.0 Å². The van der Waals surface area contributed by atoms with Gasteiger partial charge in [-0.1, -0.05) is 12.1 Å². The Balaban J connectivity index is 2.97. The maximum Gasteiger partial charge on any atom is 0.331 e. The molecule has 0 spiro atoms. The Bertz CT molecular complexity index is 555. The zero-order valence-corrected chi connectivity index (χ0v) is 11.0. The summed E-state index contributed by atoms with van der Waals surface area (Å²) in [4.78, 5) is -0.308. The largest absolute Gasteiger partial charge is 0.331 e. The zero-order chi connectivity index (χ0) is 14.8. The second-order valence-corrected chi connectivity index (χ2v) is 5.63. The molecule has 0 bridgehead atoms. The number of aryl methyl sites for hydroxylation is 2. The van der Waals surface area contributed by atoms with Gasteiger partial charge in [0.15, 0.2) is 0 Å². The third kappa shape index (κ3) is 3.90. The number of hydrogen-bond donors (Lipinski definition) is 0. The second kappa shape index (κ2) is 5.46. The molecule has 19 heavy (non-hydrogen) atoms. The van der Waals surface area contributed by atoms with Crippen molar-refractivity contribution in [3.05, 3.63) is 29.3 Å². The van der Waals surface area contributed by atoms with Crippen molar-refractivity contribution in [2.45, 2.75) is 31.1 Å². The molecule has 1 aromatic rings. The first-order valence-corrected chi connectivity index (χ1v) is 6.60. The van der Waals surface area contributed by atoms with Gasteiger partial charge in [0.1, 0.15) is 6.61 Å². The van der Waals surface area contributed by atoms with Crippen LogP contribution in [0.1, 0.15) is 11.1 Å². The first kappa shape index (κ1) is 15.9. The van der Waals surface area contributed by atoms with E-state index >= 15 is 0 Å². The minimum Gasteiger partial charge on any atom is -0.260 e. The number of alkyl halides is 4. The van der Waals surface area contributed by atoms with Gasteiger partial charge in [-0.2, -0.15) is 17.2 Å². The van der Waals surface area contributed by atoms with E-state index in [2.05, 4.69) is 4.18 Å². The highest BCUT2D eigenvalue weighted by Gasteiger charge is 2.42. The Morgan fingerprint density at radius 2 is 1.84 bits per heavy atom. The van der Waals surface area contributed by atoms with Crippen molar-refractivity contribution in [1.29, 1.82) is 0 Å². The monoisotopic (exact) mass is 300 g/mol. The van der Waals surface area contributed by atoms with Gasteiger partial charge in [0.25, 0.3) is 10.1 Å². The lowest BCUT2D eigenvalue weighted by atomic mass is 10.2. The third-order valence-electron chi connectivity index (χ3n) is 2.34. The predicted octanol–water partition coefficient (Wildman–Crippen LogP) is 2.91. The molecule has 8 heteroatoms. The summed E-state index contributed by atoms with van der Waals surface area (Å²) in [5, 5.41) is 0. The van der Waals surface area contributed by atoms with Gasteiger partial charge in [-0.15, -0.1) is 0 Å². The molecule has 0 aliphatic heterocycles. The molecule has 0 amide bonds. The predicted molar refractivity (Wildman–Crippen MR) is 60.0 cm³/mol. The van der Waals surface area contributed by atoms with Gasteiger partial charge in [0, 0.05) is 0 Å². The Kier molecular flexibility index (Phi) is 4.57. The van der Waals surface area contributed by atoms with Crippen LogP contribution in [0.15, 0.2) is 23.1 Å². The maximum absolute atomic E-state index is 12.6. The molecule has 0 saturated carbocycles. The van der Waals surface area contributed by atoms with Gasteiger partial charge in [-0.25, -0.2) is 8.78 Å². The van der Waals surface area contributed by atoms with Gasteiger partial charge >= 0.3 is 12.3 Å². The molecular formula is C11H12F4O3S. The first-order valence-electron chi connectivity index (χ1n) is 5.19. The Hall–Kier alpha value is -1.15. The van der Waals surface area contributed by atoms with E-state index in [0.717, 1.165) is 0 Å². The number of rotatable bonds is 5. The third-order valence-corrected chi connectivity index (χ3v) is 3.75. The van der Waals surface area contributed by atoms with Gasteiger partial charge in [0.05, 0.1) is 4.90 Å². The highest BCUT2D eigenvalue weighted by atomic mass is 32.2. The van der Waals surface area contributed by atoms with Crippen LogP contribution in [0.2, 0.25) is 0 Å². The molecule has 0 heterocycles. The SMILES string of the molecule is Cc1ccc(C)c(S(=O)(=O)OCC(F)(F)C(F)F)c1. The van der Waals surface area contributed by atoms with E-state index in [0.29, 0.717) is 5.56 Å². The van der Waals surface area contributed by atoms with Gasteiger partial charge < -0.3 is 0 Å². The highest BCUT2D eigenvalue weighted by molar-refractivity contribution is 7.86. The average molecular weight is 300 g/mol. The van der Waals surface area contributed by atoms with E-state index in [4.69, 9.17) is 0 Å². The van der Waals surface area contributed by atoms with Crippen molar-refractivity contribution in [3.8, 4) is 0 Å². The molecule has 0 atom stereocenters. The molecular weight excluding hydrogens is 288 g/mol. The molecule has 108 valence electrons. The summed E-state index contributed by atoms with van der Waals surface area (Å²) in [6.45, 7) is 1.16. The van der Waals surface area contributed by atoms with Crippen molar-refractivity contribution in [3.63, 3.8) is 0 Å².